The molecule has 0 amide bonds. The Balaban J connectivity index is 2.41. The Hall–Kier alpha value is -3.02. The lowest BCUT2D eigenvalue weighted by Crippen LogP contribution is -2.43. The zero-order valence-electron chi connectivity index (χ0n) is 14.2. The van der Waals surface area contributed by atoms with Crippen LogP contribution in [-0.2, 0) is 33.3 Å². The first kappa shape index (κ1) is 19.3. The molecule has 142 valence electrons. The summed E-state index contributed by atoms with van der Waals surface area (Å²) in [5, 5.41) is 3.66. The highest BCUT2D eigenvalue weighted by Crippen LogP contribution is 2.33. The van der Waals surface area contributed by atoms with Gasteiger partial charge in [-0.05, 0) is 0 Å². The fraction of sp³-hybridized carbons (Fsp3) is 0.571. The van der Waals surface area contributed by atoms with E-state index in [1.165, 1.54) is 6.92 Å². The molecule has 1 N–H and O–H groups in total. The minimum absolute atomic E-state index is 0.320. The molecule has 1 fully saturated rings. The molecule has 0 spiro atoms. The van der Waals surface area contributed by atoms with Crippen molar-refractivity contribution >= 4 is 17.9 Å². The number of nitrogens with one attached hydrogen (secondary N) is 1. The van der Waals surface area contributed by atoms with Crippen molar-refractivity contribution in [1.29, 1.82) is 0 Å². The number of esters is 3. The van der Waals surface area contributed by atoms with Crippen LogP contribution in [0.2, 0.25) is 0 Å². The number of rotatable bonds is 5. The summed E-state index contributed by atoms with van der Waals surface area (Å²) in [5.41, 5.74) is -1.66. The van der Waals surface area contributed by atoms with E-state index in [1.54, 1.807) is 0 Å². The summed E-state index contributed by atoms with van der Waals surface area (Å²) in [6, 6.07) is 0. The summed E-state index contributed by atoms with van der Waals surface area (Å²) in [7, 11) is 0. The third-order valence-electron chi connectivity index (χ3n) is 3.32. The molecule has 0 aliphatic carbocycles. The lowest BCUT2D eigenvalue weighted by atomic mass is 10.1. The summed E-state index contributed by atoms with van der Waals surface area (Å²) in [6.45, 7) is 3.10. The predicted molar refractivity (Wildman–Crippen MR) is 80.8 cm³/mol. The zero-order chi connectivity index (χ0) is 19.4. The molecular formula is C14H17N3O9. The van der Waals surface area contributed by atoms with Gasteiger partial charge in [0.2, 0.25) is 0 Å². The summed E-state index contributed by atoms with van der Waals surface area (Å²) < 4.78 is 21.5. The zero-order valence-corrected chi connectivity index (χ0v) is 14.2. The first-order chi connectivity index (χ1) is 12.2. The van der Waals surface area contributed by atoms with Gasteiger partial charge in [-0.25, -0.2) is 4.79 Å². The summed E-state index contributed by atoms with van der Waals surface area (Å²) >= 11 is 0. The van der Waals surface area contributed by atoms with Crippen molar-refractivity contribution < 1.29 is 33.3 Å². The molecule has 0 bridgehead atoms. The standard InChI is InChI=1S/C14H17N3O9/c1-6(18)23-5-9-11(24-7(2)19)12(25-8(3)20)13(26-9)17-14(22)16-10(21)4-15-17/h4,9,11-13H,5H2,1-3H3,(H,16,21,22)/t9-,11+,12-,13+/m0/s1. The van der Waals surface area contributed by atoms with Crippen molar-refractivity contribution in [2.24, 2.45) is 0 Å². The monoisotopic (exact) mass is 371 g/mol. The fourth-order valence-electron chi connectivity index (χ4n) is 2.43. The van der Waals surface area contributed by atoms with E-state index >= 15 is 0 Å². The van der Waals surface area contributed by atoms with Crippen molar-refractivity contribution in [3.05, 3.63) is 27.0 Å². The maximum absolute atomic E-state index is 12.0. The molecule has 1 aromatic rings. The van der Waals surface area contributed by atoms with Gasteiger partial charge in [0.05, 0.1) is 0 Å². The predicted octanol–water partition coefficient (Wildman–Crippen LogP) is -1.74. The average molecular weight is 371 g/mol. The molecule has 12 heteroatoms. The fourth-order valence-corrected chi connectivity index (χ4v) is 2.43. The van der Waals surface area contributed by atoms with Crippen molar-refractivity contribution in [1.82, 2.24) is 14.8 Å². The van der Waals surface area contributed by atoms with Crippen LogP contribution >= 0.6 is 0 Å². The lowest BCUT2D eigenvalue weighted by molar-refractivity contribution is -0.166. The molecule has 1 aliphatic heterocycles. The normalized spacial score (nSPS) is 24.7. The van der Waals surface area contributed by atoms with Gasteiger partial charge in [0.15, 0.2) is 18.4 Å². The Morgan fingerprint density at radius 3 is 2.27 bits per heavy atom. The molecule has 1 aliphatic rings. The Morgan fingerprint density at radius 2 is 1.73 bits per heavy atom. The molecular weight excluding hydrogens is 354 g/mol. The van der Waals surface area contributed by atoms with E-state index in [1.807, 2.05) is 4.98 Å². The summed E-state index contributed by atoms with van der Waals surface area (Å²) in [5.74, 6) is -2.04. The Labute approximate surface area is 146 Å². The van der Waals surface area contributed by atoms with Gasteiger partial charge < -0.3 is 18.9 Å². The number of nitrogens with zero attached hydrogens (tertiary/aromatic N) is 2. The van der Waals surface area contributed by atoms with Crippen LogP contribution in [0.25, 0.3) is 0 Å². The van der Waals surface area contributed by atoms with Crippen LogP contribution in [0.1, 0.15) is 27.0 Å². The van der Waals surface area contributed by atoms with Crippen molar-refractivity contribution in [2.45, 2.75) is 45.3 Å². The largest absolute Gasteiger partial charge is 0.463 e. The van der Waals surface area contributed by atoms with Crippen LogP contribution in [0, 0.1) is 0 Å². The molecule has 26 heavy (non-hydrogen) atoms. The molecule has 0 unspecified atom stereocenters. The molecule has 0 aromatic carbocycles. The number of carbonyl (C=O) groups is 3. The Bertz CT molecular complexity index is 814. The first-order valence-corrected chi connectivity index (χ1v) is 7.50. The number of hydrogen-bond donors (Lipinski definition) is 1. The third-order valence-corrected chi connectivity index (χ3v) is 3.32. The van der Waals surface area contributed by atoms with Gasteiger partial charge >= 0.3 is 23.6 Å². The molecule has 2 rings (SSSR count). The van der Waals surface area contributed by atoms with E-state index < -0.39 is 53.7 Å². The third kappa shape index (κ3) is 4.53. The average Bonchev–Trinajstić information content (AvgIpc) is 2.82. The second kappa shape index (κ2) is 7.91. The van der Waals surface area contributed by atoms with Crippen LogP contribution in [-0.4, -0.2) is 57.6 Å². The molecule has 2 heterocycles. The molecule has 1 saturated heterocycles. The van der Waals surface area contributed by atoms with Gasteiger partial charge in [0.25, 0.3) is 5.56 Å². The van der Waals surface area contributed by atoms with Crippen molar-refractivity contribution in [3.63, 3.8) is 0 Å². The summed E-state index contributed by atoms with van der Waals surface area (Å²) in [6.07, 6.45) is -3.93. The molecule has 12 nitrogen and oxygen atoms in total. The minimum Gasteiger partial charge on any atom is -0.463 e. The van der Waals surface area contributed by atoms with Crippen LogP contribution in [0.5, 0.6) is 0 Å². The van der Waals surface area contributed by atoms with E-state index in [2.05, 4.69) is 5.10 Å². The van der Waals surface area contributed by atoms with Gasteiger partial charge in [0, 0.05) is 20.8 Å². The van der Waals surface area contributed by atoms with E-state index in [0.717, 1.165) is 24.7 Å². The molecule has 1 aromatic heterocycles. The van der Waals surface area contributed by atoms with Crippen LogP contribution < -0.4 is 11.2 Å². The number of H-pyrrole nitrogens is 1. The highest BCUT2D eigenvalue weighted by atomic mass is 16.7. The number of hydrogen-bond acceptors (Lipinski definition) is 10. The minimum atomic E-state index is -1.31. The van der Waals surface area contributed by atoms with Crippen LogP contribution in [0.3, 0.4) is 0 Å². The number of aromatic nitrogens is 3. The highest BCUT2D eigenvalue weighted by Gasteiger charge is 2.51. The highest BCUT2D eigenvalue weighted by molar-refractivity contribution is 5.67. The van der Waals surface area contributed by atoms with E-state index in [4.69, 9.17) is 18.9 Å². The van der Waals surface area contributed by atoms with Gasteiger partial charge in [-0.2, -0.15) is 9.78 Å². The maximum Gasteiger partial charge on any atom is 0.347 e. The second-order valence-electron chi connectivity index (χ2n) is 5.40. The van der Waals surface area contributed by atoms with E-state index in [0.29, 0.717) is 0 Å². The first-order valence-electron chi connectivity index (χ1n) is 7.50. The Morgan fingerprint density at radius 1 is 1.12 bits per heavy atom. The number of carbonyl (C=O) groups excluding carboxylic acids is 3. The summed E-state index contributed by atoms with van der Waals surface area (Å²) in [4.78, 5) is 59.1. The second-order valence-corrected chi connectivity index (χ2v) is 5.40. The quantitative estimate of drug-likeness (QED) is 0.465. The van der Waals surface area contributed by atoms with Gasteiger partial charge in [0.1, 0.15) is 18.9 Å². The van der Waals surface area contributed by atoms with Gasteiger partial charge in [-0.3, -0.25) is 24.2 Å². The SMILES string of the molecule is CC(=O)OC[C@@H]1O[C@@H](n2ncc(=O)[nH]c2=O)[C@@H](OC(C)=O)[C@@H]1OC(C)=O. The van der Waals surface area contributed by atoms with Gasteiger partial charge in [-0.1, -0.05) is 0 Å². The number of aromatic amines is 1. The van der Waals surface area contributed by atoms with Crippen LogP contribution in [0.4, 0.5) is 0 Å². The van der Waals surface area contributed by atoms with Crippen molar-refractivity contribution in [2.75, 3.05) is 6.61 Å². The lowest BCUT2D eigenvalue weighted by Gasteiger charge is -2.23. The number of ether oxygens (including phenoxy) is 4. The maximum atomic E-state index is 12.0. The van der Waals surface area contributed by atoms with E-state index in [9.17, 15) is 24.0 Å². The smallest absolute Gasteiger partial charge is 0.347 e. The topological polar surface area (TPSA) is 156 Å². The Kier molecular flexibility index (Phi) is 5.87. The van der Waals surface area contributed by atoms with E-state index in [-0.39, 0.29) is 6.61 Å². The molecule has 0 radical (unpaired) electrons. The van der Waals surface area contributed by atoms with Crippen LogP contribution in [0.15, 0.2) is 15.8 Å². The molecule has 0 saturated carbocycles. The van der Waals surface area contributed by atoms with Crippen molar-refractivity contribution in [3.8, 4) is 0 Å². The van der Waals surface area contributed by atoms with Gasteiger partial charge in [-0.15, -0.1) is 0 Å². The molecule has 4 atom stereocenters.